The van der Waals surface area contributed by atoms with Crippen LogP contribution in [0.5, 0.6) is 5.75 Å². The molecule has 0 unspecified atom stereocenters. The van der Waals surface area contributed by atoms with Crippen molar-refractivity contribution in [3.05, 3.63) is 24.3 Å². The molecule has 1 saturated heterocycles. The molecule has 1 aromatic carbocycles. The van der Waals surface area contributed by atoms with Gasteiger partial charge in [-0.15, -0.1) is 0 Å². The lowest BCUT2D eigenvalue weighted by molar-refractivity contribution is -0.139. The van der Waals surface area contributed by atoms with Crippen LogP contribution < -0.4 is 20.3 Å². The minimum Gasteiger partial charge on any atom is -0.497 e. The summed E-state index contributed by atoms with van der Waals surface area (Å²) in [5, 5.41) is 5.14. The van der Waals surface area contributed by atoms with Gasteiger partial charge in [0.15, 0.2) is 0 Å². The lowest BCUT2D eigenvalue weighted by Gasteiger charge is -2.36. The lowest BCUT2D eigenvalue weighted by Crippen LogP contribution is -2.47. The van der Waals surface area contributed by atoms with Gasteiger partial charge in [0.05, 0.1) is 7.11 Å². The zero-order valence-electron chi connectivity index (χ0n) is 15.1. The van der Waals surface area contributed by atoms with Gasteiger partial charge in [-0.2, -0.15) is 0 Å². The van der Waals surface area contributed by atoms with Crippen LogP contribution in [0.25, 0.3) is 0 Å². The van der Waals surface area contributed by atoms with Crippen LogP contribution in [0.3, 0.4) is 0 Å². The number of methoxy groups -OCH3 is 1. The molecule has 7 nitrogen and oxygen atoms in total. The molecular formula is C18H28N4O3. The van der Waals surface area contributed by atoms with E-state index in [4.69, 9.17) is 4.74 Å². The number of carbonyl (C=O) groups is 2. The maximum absolute atomic E-state index is 11.5. The van der Waals surface area contributed by atoms with Crippen molar-refractivity contribution in [1.29, 1.82) is 0 Å². The zero-order valence-corrected chi connectivity index (χ0v) is 15.1. The number of carbonyl (C=O) groups excluding carboxylic acids is 2. The van der Waals surface area contributed by atoms with Gasteiger partial charge < -0.3 is 20.3 Å². The summed E-state index contributed by atoms with van der Waals surface area (Å²) in [6.07, 6.45) is 0.841. The molecule has 1 aliphatic rings. The van der Waals surface area contributed by atoms with Crippen LogP contribution in [0.2, 0.25) is 0 Å². The number of rotatable bonds is 7. The molecule has 1 aromatic rings. The number of anilines is 1. The zero-order chi connectivity index (χ0) is 18.1. The largest absolute Gasteiger partial charge is 0.497 e. The predicted molar refractivity (Wildman–Crippen MR) is 98.0 cm³/mol. The highest BCUT2D eigenvalue weighted by Gasteiger charge is 2.17. The maximum Gasteiger partial charge on any atom is 0.309 e. The highest BCUT2D eigenvalue weighted by Crippen LogP contribution is 2.20. The summed E-state index contributed by atoms with van der Waals surface area (Å²) >= 11 is 0. The first-order valence-corrected chi connectivity index (χ1v) is 8.81. The van der Waals surface area contributed by atoms with E-state index in [1.54, 1.807) is 14.0 Å². The number of hydrogen-bond acceptors (Lipinski definition) is 5. The summed E-state index contributed by atoms with van der Waals surface area (Å²) < 4.78 is 5.19. The molecule has 0 atom stereocenters. The Morgan fingerprint density at radius 2 is 1.68 bits per heavy atom. The monoisotopic (exact) mass is 348 g/mol. The normalized spacial score (nSPS) is 14.9. The van der Waals surface area contributed by atoms with Gasteiger partial charge in [0.1, 0.15) is 5.75 Å². The van der Waals surface area contributed by atoms with Crippen molar-refractivity contribution in [2.45, 2.75) is 13.3 Å². The number of piperazine rings is 1. The summed E-state index contributed by atoms with van der Waals surface area (Å²) in [5.74, 6) is -0.237. The second kappa shape index (κ2) is 9.88. The van der Waals surface area contributed by atoms with E-state index in [-0.39, 0.29) is 0 Å². The summed E-state index contributed by atoms with van der Waals surface area (Å²) in [4.78, 5) is 27.5. The molecule has 0 bridgehead atoms. The number of likely N-dealkylation sites (N-methyl/N-ethyl adjacent to an activating group) is 1. The van der Waals surface area contributed by atoms with E-state index in [9.17, 15) is 9.59 Å². The Morgan fingerprint density at radius 1 is 1.04 bits per heavy atom. The van der Waals surface area contributed by atoms with Crippen molar-refractivity contribution >= 4 is 17.5 Å². The minimum atomic E-state index is -0.560. The standard InChI is InChI=1S/C18H28N4O3/c1-3-19-17(23)18(24)20-9-4-10-21-11-13-22(14-12-21)15-5-7-16(25-2)8-6-15/h5-8H,3-4,9-14H2,1-2H3,(H,19,23)(H,20,24). The Hall–Kier alpha value is -2.28. The first kappa shape index (κ1) is 19.1. The van der Waals surface area contributed by atoms with Gasteiger partial charge in [0.25, 0.3) is 0 Å². The molecule has 25 heavy (non-hydrogen) atoms. The van der Waals surface area contributed by atoms with Gasteiger partial charge in [-0.25, -0.2) is 0 Å². The van der Waals surface area contributed by atoms with Gasteiger partial charge >= 0.3 is 11.8 Å². The van der Waals surface area contributed by atoms with Crippen molar-refractivity contribution in [2.24, 2.45) is 0 Å². The van der Waals surface area contributed by atoms with Crippen LogP contribution >= 0.6 is 0 Å². The average molecular weight is 348 g/mol. The van der Waals surface area contributed by atoms with E-state index in [0.717, 1.165) is 44.9 Å². The third-order valence-corrected chi connectivity index (χ3v) is 4.29. The van der Waals surface area contributed by atoms with Crippen LogP contribution in [0.15, 0.2) is 24.3 Å². The number of benzene rings is 1. The molecule has 0 aromatic heterocycles. The summed E-state index contributed by atoms with van der Waals surface area (Å²) in [7, 11) is 1.67. The molecule has 2 amide bonds. The van der Waals surface area contributed by atoms with Gasteiger partial charge in [-0.1, -0.05) is 0 Å². The number of nitrogens with one attached hydrogen (secondary N) is 2. The molecule has 2 N–H and O–H groups in total. The van der Waals surface area contributed by atoms with E-state index in [2.05, 4.69) is 32.6 Å². The molecular weight excluding hydrogens is 320 g/mol. The van der Waals surface area contributed by atoms with Crippen molar-refractivity contribution in [3.8, 4) is 5.75 Å². The Bertz CT molecular complexity index is 554. The van der Waals surface area contributed by atoms with Crippen molar-refractivity contribution in [2.75, 3.05) is 57.8 Å². The lowest BCUT2D eigenvalue weighted by atomic mass is 10.2. The Balaban J connectivity index is 1.63. The molecule has 0 spiro atoms. The highest BCUT2D eigenvalue weighted by atomic mass is 16.5. The SMILES string of the molecule is CCNC(=O)C(=O)NCCCN1CCN(c2ccc(OC)cc2)CC1. The fourth-order valence-electron chi connectivity index (χ4n) is 2.85. The molecule has 138 valence electrons. The first-order valence-electron chi connectivity index (χ1n) is 8.81. The van der Waals surface area contributed by atoms with Gasteiger partial charge in [0.2, 0.25) is 0 Å². The van der Waals surface area contributed by atoms with Gasteiger partial charge in [-0.05, 0) is 44.2 Å². The third kappa shape index (κ3) is 5.94. The maximum atomic E-state index is 11.5. The van der Waals surface area contributed by atoms with Crippen LogP contribution in [-0.4, -0.2) is 69.6 Å². The quantitative estimate of drug-likeness (QED) is 0.553. The average Bonchev–Trinajstić information content (AvgIpc) is 2.66. The molecule has 0 aliphatic carbocycles. The Kier molecular flexibility index (Phi) is 7.53. The second-order valence-corrected chi connectivity index (χ2v) is 6.00. The highest BCUT2D eigenvalue weighted by molar-refractivity contribution is 6.35. The van der Waals surface area contributed by atoms with Crippen molar-refractivity contribution < 1.29 is 14.3 Å². The first-order chi connectivity index (χ1) is 12.1. The van der Waals surface area contributed by atoms with E-state index in [0.29, 0.717) is 13.1 Å². The van der Waals surface area contributed by atoms with Crippen LogP contribution in [0.1, 0.15) is 13.3 Å². The fraction of sp³-hybridized carbons (Fsp3) is 0.556. The number of hydrogen-bond donors (Lipinski definition) is 2. The second-order valence-electron chi connectivity index (χ2n) is 6.00. The number of nitrogens with zero attached hydrogens (tertiary/aromatic N) is 2. The van der Waals surface area contributed by atoms with Crippen molar-refractivity contribution in [1.82, 2.24) is 15.5 Å². The van der Waals surface area contributed by atoms with Gasteiger partial charge in [0, 0.05) is 45.0 Å². The minimum absolute atomic E-state index is 0.463. The molecule has 7 heteroatoms. The topological polar surface area (TPSA) is 73.9 Å². The summed E-state index contributed by atoms with van der Waals surface area (Å²) in [6, 6.07) is 8.15. The van der Waals surface area contributed by atoms with Crippen molar-refractivity contribution in [3.63, 3.8) is 0 Å². The molecule has 1 fully saturated rings. The van der Waals surface area contributed by atoms with E-state index in [1.165, 1.54) is 5.69 Å². The summed E-state index contributed by atoms with van der Waals surface area (Å²) in [6.45, 7) is 7.66. The molecule has 0 saturated carbocycles. The van der Waals surface area contributed by atoms with Crippen LogP contribution in [0.4, 0.5) is 5.69 Å². The van der Waals surface area contributed by atoms with Crippen LogP contribution in [-0.2, 0) is 9.59 Å². The Morgan fingerprint density at radius 3 is 2.28 bits per heavy atom. The molecule has 0 radical (unpaired) electrons. The van der Waals surface area contributed by atoms with E-state index >= 15 is 0 Å². The van der Waals surface area contributed by atoms with E-state index < -0.39 is 11.8 Å². The molecule has 2 rings (SSSR count). The van der Waals surface area contributed by atoms with Crippen LogP contribution in [0, 0.1) is 0 Å². The third-order valence-electron chi connectivity index (χ3n) is 4.29. The fourth-order valence-corrected chi connectivity index (χ4v) is 2.85. The Labute approximate surface area is 149 Å². The number of ether oxygens (including phenoxy) is 1. The smallest absolute Gasteiger partial charge is 0.309 e. The summed E-state index contributed by atoms with van der Waals surface area (Å²) in [5.41, 5.74) is 1.22. The number of amides is 2. The van der Waals surface area contributed by atoms with E-state index in [1.807, 2.05) is 12.1 Å². The van der Waals surface area contributed by atoms with Gasteiger partial charge in [-0.3, -0.25) is 14.5 Å². The predicted octanol–water partition coefficient (Wildman–Crippen LogP) is 0.460. The molecule has 1 heterocycles. The molecule has 1 aliphatic heterocycles.